The van der Waals surface area contributed by atoms with Gasteiger partial charge >= 0.3 is 12.1 Å². The predicted molar refractivity (Wildman–Crippen MR) is 244 cm³/mol. The number of morpholine rings is 2. The van der Waals surface area contributed by atoms with Gasteiger partial charge in [0.05, 0.1) is 61.3 Å². The number of ether oxygens (including phenoxy) is 4. The molecule has 0 unspecified atom stereocenters. The minimum absolute atomic E-state index is 0.00452. The van der Waals surface area contributed by atoms with Crippen LogP contribution in [0.4, 0.5) is 16.2 Å². The molecule has 352 valence electrons. The summed E-state index contributed by atoms with van der Waals surface area (Å²) in [7, 11) is 1.71. The molecular weight excluding hydrogens is 821 g/mol. The number of carbonyl (C=O) groups excluding carboxylic acids is 2. The van der Waals surface area contributed by atoms with E-state index in [0.717, 1.165) is 84.2 Å². The number of amides is 2. The number of aromatic nitrogens is 2. The van der Waals surface area contributed by atoms with Crippen LogP contribution in [-0.4, -0.2) is 157 Å². The van der Waals surface area contributed by atoms with Crippen LogP contribution in [-0.2, 0) is 41.5 Å². The number of rotatable bonds is 14. The van der Waals surface area contributed by atoms with Crippen LogP contribution in [0.1, 0.15) is 85.1 Å². The number of benzene rings is 1. The average Bonchev–Trinajstić information content (AvgIpc) is 3.58. The molecule has 0 bridgehead atoms. The number of carbonyl (C=O) groups is 3. The topological polar surface area (TPSA) is 183 Å². The van der Waals surface area contributed by atoms with Gasteiger partial charge < -0.3 is 48.8 Å². The third-order valence-electron chi connectivity index (χ3n) is 13.0. The van der Waals surface area contributed by atoms with Crippen molar-refractivity contribution < 1.29 is 43.5 Å². The molecule has 4 fully saturated rings. The van der Waals surface area contributed by atoms with Crippen molar-refractivity contribution in [1.29, 1.82) is 0 Å². The predicted octanol–water partition coefficient (Wildman–Crippen LogP) is 4.58. The molecule has 4 saturated heterocycles. The zero-order valence-electron chi connectivity index (χ0n) is 39.0. The Balaban J connectivity index is 1.23. The lowest BCUT2D eigenvalue weighted by atomic mass is 9.84. The Labute approximate surface area is 377 Å². The monoisotopic (exact) mass is 891 g/mol. The van der Waals surface area contributed by atoms with E-state index in [1.807, 2.05) is 13.1 Å². The first-order valence-corrected chi connectivity index (χ1v) is 23.0. The molecule has 4 aliphatic heterocycles. The number of aliphatic carboxylic acids is 1. The number of methoxy groups -OCH3 is 1. The second-order valence-electron chi connectivity index (χ2n) is 19.5. The molecule has 0 spiro atoms. The number of pyridine rings is 1. The summed E-state index contributed by atoms with van der Waals surface area (Å²) in [6, 6.07) is 7.21. The van der Waals surface area contributed by atoms with Gasteiger partial charge in [0.2, 0.25) is 0 Å². The van der Waals surface area contributed by atoms with Gasteiger partial charge in [-0.3, -0.25) is 24.5 Å². The second-order valence-corrected chi connectivity index (χ2v) is 19.5. The number of carboxylic acids is 1. The van der Waals surface area contributed by atoms with Gasteiger partial charge in [0, 0.05) is 94.6 Å². The van der Waals surface area contributed by atoms with E-state index in [-0.39, 0.29) is 19.1 Å². The maximum absolute atomic E-state index is 14.0. The molecule has 0 aliphatic carbocycles. The lowest BCUT2D eigenvalue weighted by Crippen LogP contribution is -2.61. The Bertz CT molecular complexity index is 2140. The molecule has 4 aliphatic rings. The van der Waals surface area contributed by atoms with Crippen LogP contribution in [0.2, 0.25) is 0 Å². The van der Waals surface area contributed by atoms with Crippen LogP contribution >= 0.6 is 0 Å². The molecule has 0 saturated carbocycles. The maximum Gasteiger partial charge on any atom is 0.408 e. The first-order valence-electron chi connectivity index (χ1n) is 23.0. The summed E-state index contributed by atoms with van der Waals surface area (Å²) in [6.07, 6.45) is 2.16. The van der Waals surface area contributed by atoms with Gasteiger partial charge in [-0.15, -0.1) is 0 Å². The van der Waals surface area contributed by atoms with Crippen LogP contribution in [0.3, 0.4) is 0 Å². The van der Waals surface area contributed by atoms with Crippen molar-refractivity contribution in [2.75, 3.05) is 89.2 Å². The lowest BCUT2D eigenvalue weighted by molar-refractivity contribution is -0.148. The number of hydrogen-bond donors (Lipinski definition) is 4. The Kier molecular flexibility index (Phi) is 14.8. The molecule has 0 radical (unpaired) electrons. The van der Waals surface area contributed by atoms with E-state index in [1.54, 1.807) is 27.9 Å². The van der Waals surface area contributed by atoms with Crippen LogP contribution in [0.25, 0.3) is 22.2 Å². The van der Waals surface area contributed by atoms with Gasteiger partial charge in [-0.1, -0.05) is 13.8 Å². The van der Waals surface area contributed by atoms with Crippen molar-refractivity contribution in [3.63, 3.8) is 0 Å². The van der Waals surface area contributed by atoms with Crippen molar-refractivity contribution in [2.45, 2.75) is 117 Å². The van der Waals surface area contributed by atoms with Crippen molar-refractivity contribution >= 4 is 40.2 Å². The fourth-order valence-electron chi connectivity index (χ4n) is 9.54. The highest BCUT2D eigenvalue weighted by atomic mass is 16.6. The SMILES string of the molecule is CCn1c(-c2cc(N3CCN4CCOC[C@@H]4C3)cnc2[C@H](C)OC)c(CC(C)(C)CO)c2cc(N3CCO[C@@H](C[C@H](NC(=O)OC(C)(C)C)C(=O)N4CCC[C@@H](C(=O)O)N4)C3)ccc21. The molecule has 17 heteroatoms. The lowest BCUT2D eigenvalue weighted by Gasteiger charge is -2.44. The van der Waals surface area contributed by atoms with Gasteiger partial charge in [0.1, 0.15) is 17.7 Å². The molecular formula is C47H70N8O9. The number of carboxylic acid groups (broad SMARTS) is 1. The van der Waals surface area contributed by atoms with Crippen LogP contribution < -0.4 is 20.5 Å². The zero-order valence-corrected chi connectivity index (χ0v) is 39.0. The number of anilines is 2. The first-order chi connectivity index (χ1) is 30.5. The molecule has 1 aromatic carbocycles. The Morgan fingerprint density at radius 2 is 1.80 bits per heavy atom. The Morgan fingerprint density at radius 3 is 2.52 bits per heavy atom. The summed E-state index contributed by atoms with van der Waals surface area (Å²) in [5.41, 5.74) is 8.77. The number of hydrogen-bond acceptors (Lipinski definition) is 13. The van der Waals surface area contributed by atoms with Gasteiger partial charge in [0.25, 0.3) is 5.91 Å². The Morgan fingerprint density at radius 1 is 1.02 bits per heavy atom. The van der Waals surface area contributed by atoms with Crippen molar-refractivity contribution in [3.8, 4) is 11.3 Å². The molecule has 64 heavy (non-hydrogen) atoms. The Hall–Kier alpha value is -4.52. The summed E-state index contributed by atoms with van der Waals surface area (Å²) in [5.74, 6) is -1.49. The van der Waals surface area contributed by atoms with Crippen LogP contribution in [0, 0.1) is 5.41 Å². The largest absolute Gasteiger partial charge is 0.480 e. The minimum atomic E-state index is -1.04. The quantitative estimate of drug-likeness (QED) is 0.177. The summed E-state index contributed by atoms with van der Waals surface area (Å²) >= 11 is 0. The van der Waals surface area contributed by atoms with E-state index in [1.165, 1.54) is 5.01 Å². The summed E-state index contributed by atoms with van der Waals surface area (Å²) < 4.78 is 26.0. The van der Waals surface area contributed by atoms with Gasteiger partial charge in [-0.05, 0) is 89.1 Å². The molecule has 4 N–H and O–H groups in total. The molecule has 6 heterocycles. The number of aliphatic hydroxyl groups excluding tert-OH is 1. The highest BCUT2D eigenvalue weighted by Gasteiger charge is 2.37. The fourth-order valence-corrected chi connectivity index (χ4v) is 9.54. The van der Waals surface area contributed by atoms with Gasteiger partial charge in [0.15, 0.2) is 0 Å². The van der Waals surface area contributed by atoms with E-state index in [0.29, 0.717) is 58.1 Å². The normalized spacial score (nSPS) is 22.3. The molecule has 2 aromatic heterocycles. The standard InChI is InChI=1S/C47H70N8O9/c1-9-54-40-13-12-31(53-18-20-63-34(27-53)23-39(49-45(60)64-46(3,4)5)43(57)55-14-10-11-38(50-55)44(58)59)21-35(40)37(24-47(6,7)29-56)42(54)36-22-32(25-48-41(36)30(2)61-8)52-16-15-51-17-19-62-28-33(51)26-52/h12-13,21-22,25,30,33-34,38-39,50,56H,9-11,14-20,23-24,26-29H2,1-8H3,(H,49,60)(H,58,59)/t30-,33-,34-,38-,39-/m0/s1. The van der Waals surface area contributed by atoms with Gasteiger partial charge in [-0.2, -0.15) is 0 Å². The number of piperazine rings is 1. The van der Waals surface area contributed by atoms with Crippen molar-refractivity contribution in [3.05, 3.63) is 41.7 Å². The fraction of sp³-hybridized carbons (Fsp3) is 0.660. The zero-order chi connectivity index (χ0) is 45.9. The molecule has 2 amide bonds. The number of aliphatic hydroxyl groups is 1. The highest BCUT2D eigenvalue weighted by Crippen LogP contribution is 2.43. The smallest absolute Gasteiger partial charge is 0.408 e. The van der Waals surface area contributed by atoms with E-state index in [9.17, 15) is 24.6 Å². The second kappa shape index (κ2) is 19.9. The maximum atomic E-state index is 14.0. The number of nitrogens with one attached hydrogen (secondary N) is 2. The number of fused-ring (bicyclic) bond motifs is 2. The summed E-state index contributed by atoms with van der Waals surface area (Å²) in [5, 5.41) is 25.5. The van der Waals surface area contributed by atoms with Crippen molar-refractivity contribution in [2.24, 2.45) is 5.41 Å². The average molecular weight is 891 g/mol. The number of nitrogens with zero attached hydrogens (tertiary/aromatic N) is 6. The summed E-state index contributed by atoms with van der Waals surface area (Å²) in [6.45, 7) is 21.3. The van der Waals surface area contributed by atoms with Crippen molar-refractivity contribution in [1.82, 2.24) is 30.2 Å². The molecule has 17 nitrogen and oxygen atoms in total. The van der Waals surface area contributed by atoms with Crippen LogP contribution in [0.5, 0.6) is 0 Å². The van der Waals surface area contributed by atoms with E-state index in [4.69, 9.17) is 23.9 Å². The number of hydrazine groups is 1. The highest BCUT2D eigenvalue weighted by molar-refractivity contribution is 5.95. The van der Waals surface area contributed by atoms with E-state index < -0.39 is 47.2 Å². The third-order valence-corrected chi connectivity index (χ3v) is 13.0. The number of aryl methyl sites for hydroxylation is 1. The van der Waals surface area contributed by atoms with E-state index >= 15 is 0 Å². The number of alkyl carbamates (subject to hydrolysis) is 1. The van der Waals surface area contributed by atoms with Crippen LogP contribution in [0.15, 0.2) is 30.5 Å². The molecule has 5 atom stereocenters. The first kappa shape index (κ1) is 47.4. The van der Waals surface area contributed by atoms with Gasteiger partial charge in [-0.25, -0.2) is 10.2 Å². The minimum Gasteiger partial charge on any atom is -0.480 e. The third kappa shape index (κ3) is 10.8. The molecule has 7 rings (SSSR count). The molecule has 3 aromatic rings. The van der Waals surface area contributed by atoms with E-state index in [2.05, 4.69) is 75.0 Å². The summed E-state index contributed by atoms with van der Waals surface area (Å²) in [4.78, 5) is 51.3.